The molecule has 0 aliphatic heterocycles. The van der Waals surface area contributed by atoms with Crippen molar-refractivity contribution in [3.05, 3.63) is 40.1 Å². The first-order chi connectivity index (χ1) is 10.8. The van der Waals surface area contributed by atoms with Crippen LogP contribution in [0, 0.1) is 12.8 Å². The SMILES string of the molecule is COc1cccc(N=c2scc(C)n2CC2CCCCC2)c1. The average Bonchev–Trinajstić information content (AvgIpc) is 2.89. The Kier molecular flexibility index (Phi) is 4.98. The van der Waals surface area contributed by atoms with E-state index in [9.17, 15) is 0 Å². The van der Waals surface area contributed by atoms with Gasteiger partial charge in [0.05, 0.1) is 12.8 Å². The van der Waals surface area contributed by atoms with Gasteiger partial charge in [0.2, 0.25) is 0 Å². The van der Waals surface area contributed by atoms with Crippen LogP contribution in [0.4, 0.5) is 5.69 Å². The molecule has 0 unspecified atom stereocenters. The third kappa shape index (κ3) is 3.61. The third-order valence-corrected chi connectivity index (χ3v) is 5.42. The monoisotopic (exact) mass is 316 g/mol. The van der Waals surface area contributed by atoms with Gasteiger partial charge in [-0.3, -0.25) is 0 Å². The number of methoxy groups -OCH3 is 1. The van der Waals surface area contributed by atoms with Gasteiger partial charge in [0.15, 0.2) is 4.80 Å². The topological polar surface area (TPSA) is 26.5 Å². The fourth-order valence-corrected chi connectivity index (χ4v) is 4.05. The summed E-state index contributed by atoms with van der Waals surface area (Å²) < 4.78 is 7.68. The highest BCUT2D eigenvalue weighted by molar-refractivity contribution is 7.07. The normalized spacial score (nSPS) is 16.9. The van der Waals surface area contributed by atoms with Crippen LogP contribution in [0.3, 0.4) is 0 Å². The molecular weight excluding hydrogens is 292 g/mol. The van der Waals surface area contributed by atoms with Gasteiger partial charge in [-0.1, -0.05) is 25.3 Å². The van der Waals surface area contributed by atoms with Crippen LogP contribution in [-0.2, 0) is 6.54 Å². The van der Waals surface area contributed by atoms with Crippen LogP contribution in [0.25, 0.3) is 0 Å². The zero-order valence-electron chi connectivity index (χ0n) is 13.4. The summed E-state index contributed by atoms with van der Waals surface area (Å²) in [5, 5.41) is 2.21. The van der Waals surface area contributed by atoms with Crippen LogP contribution in [0.2, 0.25) is 0 Å². The second-order valence-electron chi connectivity index (χ2n) is 6.09. The lowest BCUT2D eigenvalue weighted by Gasteiger charge is -2.22. The molecule has 4 heteroatoms. The summed E-state index contributed by atoms with van der Waals surface area (Å²) in [7, 11) is 1.69. The molecule has 3 nitrogen and oxygen atoms in total. The van der Waals surface area contributed by atoms with Crippen molar-refractivity contribution in [2.75, 3.05) is 7.11 Å². The zero-order valence-corrected chi connectivity index (χ0v) is 14.2. The molecule has 1 heterocycles. The maximum absolute atomic E-state index is 5.29. The number of ether oxygens (including phenoxy) is 1. The molecule has 1 saturated carbocycles. The molecule has 1 aliphatic rings. The maximum atomic E-state index is 5.29. The molecule has 0 spiro atoms. The van der Waals surface area contributed by atoms with Gasteiger partial charge in [-0.2, -0.15) is 0 Å². The van der Waals surface area contributed by atoms with Crippen molar-refractivity contribution in [1.29, 1.82) is 0 Å². The van der Waals surface area contributed by atoms with E-state index in [1.165, 1.54) is 37.8 Å². The fourth-order valence-electron chi connectivity index (χ4n) is 3.14. The summed E-state index contributed by atoms with van der Waals surface area (Å²) in [4.78, 5) is 5.93. The maximum Gasteiger partial charge on any atom is 0.190 e. The fraction of sp³-hybridized carbons (Fsp3) is 0.500. The average molecular weight is 316 g/mol. The van der Waals surface area contributed by atoms with Gasteiger partial charge in [-0.15, -0.1) is 11.3 Å². The quantitative estimate of drug-likeness (QED) is 0.804. The molecule has 0 amide bonds. The molecule has 0 atom stereocenters. The van der Waals surface area contributed by atoms with E-state index in [1.807, 2.05) is 24.3 Å². The highest BCUT2D eigenvalue weighted by atomic mass is 32.1. The number of hydrogen-bond acceptors (Lipinski definition) is 3. The van der Waals surface area contributed by atoms with Gasteiger partial charge < -0.3 is 9.30 Å². The van der Waals surface area contributed by atoms with Crippen molar-refractivity contribution >= 4 is 17.0 Å². The van der Waals surface area contributed by atoms with Crippen LogP contribution in [-0.4, -0.2) is 11.7 Å². The van der Waals surface area contributed by atoms with Crippen molar-refractivity contribution < 1.29 is 4.74 Å². The van der Waals surface area contributed by atoms with Crippen molar-refractivity contribution in [3.63, 3.8) is 0 Å². The standard InChI is InChI=1S/C18H24N2OS/c1-14-13-22-18(19-16-9-6-10-17(11-16)21-2)20(14)12-15-7-4-3-5-8-15/h6,9-11,13,15H,3-5,7-8,12H2,1-2H3. The first-order valence-corrected chi connectivity index (χ1v) is 8.98. The lowest BCUT2D eigenvalue weighted by Crippen LogP contribution is -2.22. The van der Waals surface area contributed by atoms with E-state index in [2.05, 4.69) is 16.9 Å². The van der Waals surface area contributed by atoms with E-state index in [-0.39, 0.29) is 0 Å². The lowest BCUT2D eigenvalue weighted by molar-refractivity contribution is 0.315. The summed E-state index contributed by atoms with van der Waals surface area (Å²) in [6.07, 6.45) is 6.90. The van der Waals surface area contributed by atoms with E-state index in [1.54, 1.807) is 18.4 Å². The molecule has 1 aromatic carbocycles. The van der Waals surface area contributed by atoms with Crippen molar-refractivity contribution in [3.8, 4) is 5.75 Å². The minimum atomic E-state index is 0.811. The third-order valence-electron chi connectivity index (χ3n) is 4.44. The van der Waals surface area contributed by atoms with Gasteiger partial charge in [-0.25, -0.2) is 4.99 Å². The molecule has 1 aliphatic carbocycles. The number of rotatable bonds is 4. The van der Waals surface area contributed by atoms with E-state index >= 15 is 0 Å². The van der Waals surface area contributed by atoms with E-state index in [0.717, 1.165) is 28.7 Å². The Balaban J connectivity index is 1.88. The van der Waals surface area contributed by atoms with Crippen LogP contribution >= 0.6 is 11.3 Å². The van der Waals surface area contributed by atoms with Gasteiger partial charge in [0, 0.05) is 23.7 Å². The highest BCUT2D eigenvalue weighted by Crippen LogP contribution is 2.25. The number of aromatic nitrogens is 1. The van der Waals surface area contributed by atoms with Crippen molar-refractivity contribution in [2.24, 2.45) is 10.9 Å². The molecular formula is C18H24N2OS. The largest absolute Gasteiger partial charge is 0.497 e. The minimum absolute atomic E-state index is 0.811. The molecule has 118 valence electrons. The predicted molar refractivity (Wildman–Crippen MR) is 91.8 cm³/mol. The van der Waals surface area contributed by atoms with Gasteiger partial charge in [-0.05, 0) is 37.8 Å². The Morgan fingerprint density at radius 3 is 2.86 bits per heavy atom. The van der Waals surface area contributed by atoms with Crippen molar-refractivity contribution in [2.45, 2.75) is 45.6 Å². The van der Waals surface area contributed by atoms with Crippen LogP contribution in [0.1, 0.15) is 37.8 Å². The number of thiazole rings is 1. The Morgan fingerprint density at radius 1 is 1.27 bits per heavy atom. The van der Waals surface area contributed by atoms with E-state index in [0.29, 0.717) is 0 Å². The first kappa shape index (κ1) is 15.3. The smallest absolute Gasteiger partial charge is 0.190 e. The van der Waals surface area contributed by atoms with E-state index in [4.69, 9.17) is 9.73 Å². The lowest BCUT2D eigenvalue weighted by atomic mass is 9.89. The molecule has 0 saturated heterocycles. The molecule has 0 bridgehead atoms. The Labute approximate surface area is 136 Å². The Bertz CT molecular complexity index is 680. The minimum Gasteiger partial charge on any atom is -0.497 e. The zero-order chi connectivity index (χ0) is 15.4. The van der Waals surface area contributed by atoms with E-state index < -0.39 is 0 Å². The summed E-state index contributed by atoms with van der Waals surface area (Å²) in [5.41, 5.74) is 2.27. The van der Waals surface area contributed by atoms with Crippen LogP contribution < -0.4 is 9.54 Å². The summed E-state index contributed by atoms with van der Waals surface area (Å²) in [6.45, 7) is 3.29. The second-order valence-corrected chi connectivity index (χ2v) is 6.92. The Hall–Kier alpha value is -1.55. The summed E-state index contributed by atoms with van der Waals surface area (Å²) in [6, 6.07) is 7.96. The highest BCUT2D eigenvalue weighted by Gasteiger charge is 2.15. The molecule has 0 N–H and O–H groups in total. The second kappa shape index (κ2) is 7.14. The van der Waals surface area contributed by atoms with Crippen LogP contribution in [0.5, 0.6) is 5.75 Å². The molecule has 22 heavy (non-hydrogen) atoms. The molecule has 2 aromatic rings. The number of aryl methyl sites for hydroxylation is 1. The molecule has 1 aromatic heterocycles. The number of benzene rings is 1. The summed E-state index contributed by atoms with van der Waals surface area (Å²) in [5.74, 6) is 1.67. The molecule has 3 rings (SSSR count). The summed E-state index contributed by atoms with van der Waals surface area (Å²) >= 11 is 1.73. The van der Waals surface area contributed by atoms with Gasteiger partial charge >= 0.3 is 0 Å². The van der Waals surface area contributed by atoms with Crippen molar-refractivity contribution in [1.82, 2.24) is 4.57 Å². The molecule has 0 radical (unpaired) electrons. The number of hydrogen-bond donors (Lipinski definition) is 0. The molecule has 1 fully saturated rings. The predicted octanol–water partition coefficient (Wildman–Crippen LogP) is 4.68. The van der Waals surface area contributed by atoms with Gasteiger partial charge in [0.1, 0.15) is 5.75 Å². The first-order valence-electron chi connectivity index (χ1n) is 8.10. The number of nitrogens with zero attached hydrogens (tertiary/aromatic N) is 2. The Morgan fingerprint density at radius 2 is 2.09 bits per heavy atom. The van der Waals surface area contributed by atoms with Crippen LogP contribution in [0.15, 0.2) is 34.6 Å². The van der Waals surface area contributed by atoms with Gasteiger partial charge in [0.25, 0.3) is 0 Å².